The summed E-state index contributed by atoms with van der Waals surface area (Å²) in [5.74, 6) is -0.470. The molecule has 2 aromatic heterocycles. The normalized spacial score (nSPS) is 20.5. The first kappa shape index (κ1) is 22.6. The topological polar surface area (TPSA) is 98.0 Å². The van der Waals surface area contributed by atoms with Gasteiger partial charge in [0.2, 0.25) is 0 Å². The van der Waals surface area contributed by atoms with Gasteiger partial charge in [-0.15, -0.1) is 11.3 Å². The van der Waals surface area contributed by atoms with Gasteiger partial charge >= 0.3 is 12.1 Å². The van der Waals surface area contributed by atoms with Crippen molar-refractivity contribution in [2.24, 2.45) is 0 Å². The molecule has 9 nitrogen and oxygen atoms in total. The van der Waals surface area contributed by atoms with Crippen molar-refractivity contribution in [1.29, 1.82) is 0 Å². The number of hydrogen-bond donors (Lipinski definition) is 0. The van der Waals surface area contributed by atoms with Crippen molar-refractivity contribution < 1.29 is 23.5 Å². The monoisotopic (exact) mass is 484 g/mol. The third kappa shape index (κ3) is 4.11. The first-order valence-electron chi connectivity index (χ1n) is 11.4. The van der Waals surface area contributed by atoms with Crippen molar-refractivity contribution >= 4 is 40.5 Å². The van der Waals surface area contributed by atoms with E-state index in [0.717, 1.165) is 29.8 Å². The summed E-state index contributed by atoms with van der Waals surface area (Å²) in [5.41, 5.74) is 1.55. The molecule has 0 N–H and O–H groups in total. The van der Waals surface area contributed by atoms with E-state index in [1.54, 1.807) is 12.3 Å². The summed E-state index contributed by atoms with van der Waals surface area (Å²) in [6, 6.07) is 3.97. The predicted octanol–water partition coefficient (Wildman–Crippen LogP) is 4.72. The molecule has 0 saturated carbocycles. The number of piperidine rings is 1. The van der Waals surface area contributed by atoms with Crippen molar-refractivity contribution in [3.05, 3.63) is 29.3 Å². The van der Waals surface area contributed by atoms with Crippen LogP contribution < -0.4 is 4.90 Å². The Bertz CT molecular complexity index is 1200. The van der Waals surface area contributed by atoms with Crippen molar-refractivity contribution in [3.8, 4) is 10.6 Å². The summed E-state index contributed by atoms with van der Waals surface area (Å²) < 4.78 is 16.9. The number of oxazole rings is 1. The Labute approximate surface area is 201 Å². The number of hydrogen-bond acceptors (Lipinski definition) is 9. The number of anilines is 1. The number of aromatic nitrogens is 2. The Kier molecular flexibility index (Phi) is 5.71. The molecule has 1 amide bonds. The number of piperazine rings is 1. The second-order valence-corrected chi connectivity index (χ2v) is 10.6. The number of fused-ring (bicyclic) bond motifs is 3. The lowest BCUT2D eigenvalue weighted by molar-refractivity contribution is -0.0102. The second-order valence-electron chi connectivity index (χ2n) is 9.69. The van der Waals surface area contributed by atoms with Crippen molar-refractivity contribution in [3.63, 3.8) is 0 Å². The Morgan fingerprint density at radius 3 is 2.53 bits per heavy atom. The molecule has 180 valence electrons. The van der Waals surface area contributed by atoms with Crippen LogP contribution in [-0.2, 0) is 9.47 Å². The van der Waals surface area contributed by atoms with Crippen molar-refractivity contribution in [2.75, 3.05) is 25.1 Å². The van der Waals surface area contributed by atoms with Gasteiger partial charge in [-0.3, -0.25) is 4.90 Å². The molecule has 2 saturated heterocycles. The molecule has 5 rings (SSSR count). The van der Waals surface area contributed by atoms with Gasteiger partial charge in [0, 0.05) is 24.7 Å². The van der Waals surface area contributed by atoms with Crippen LogP contribution in [0.3, 0.4) is 0 Å². The van der Waals surface area contributed by atoms with E-state index in [9.17, 15) is 9.59 Å². The number of benzene rings is 1. The molecule has 4 heterocycles. The number of rotatable bonds is 3. The quantitative estimate of drug-likeness (QED) is 0.493. The highest BCUT2D eigenvalue weighted by molar-refractivity contribution is 7.13. The van der Waals surface area contributed by atoms with Crippen LogP contribution in [0, 0.1) is 0 Å². The van der Waals surface area contributed by atoms with Crippen LogP contribution in [-0.4, -0.2) is 64.8 Å². The maximum absolute atomic E-state index is 12.9. The Balaban J connectivity index is 1.50. The number of thiazole rings is 1. The summed E-state index contributed by atoms with van der Waals surface area (Å²) in [6.45, 7) is 6.82. The fraction of sp³-hybridized carbons (Fsp3) is 0.500. The van der Waals surface area contributed by atoms with Crippen LogP contribution in [0.15, 0.2) is 28.1 Å². The molecule has 10 heteroatoms. The van der Waals surface area contributed by atoms with Gasteiger partial charge in [0.25, 0.3) is 6.01 Å². The zero-order chi connectivity index (χ0) is 24.0. The lowest BCUT2D eigenvalue weighted by atomic mass is 9.92. The Morgan fingerprint density at radius 1 is 1.18 bits per heavy atom. The molecule has 2 fully saturated rings. The molecular weight excluding hydrogens is 456 g/mol. The van der Waals surface area contributed by atoms with Gasteiger partial charge in [-0.25, -0.2) is 14.6 Å². The predicted molar refractivity (Wildman–Crippen MR) is 128 cm³/mol. The average molecular weight is 485 g/mol. The number of esters is 1. The van der Waals surface area contributed by atoms with E-state index in [0.29, 0.717) is 35.8 Å². The van der Waals surface area contributed by atoms with Gasteiger partial charge in [-0.05, 0) is 52.2 Å². The van der Waals surface area contributed by atoms with E-state index in [2.05, 4.69) is 9.88 Å². The Hall–Kier alpha value is -3.14. The summed E-state index contributed by atoms with van der Waals surface area (Å²) in [5, 5.41) is 2.68. The van der Waals surface area contributed by atoms with Crippen molar-refractivity contribution in [2.45, 2.75) is 57.7 Å². The van der Waals surface area contributed by atoms with E-state index in [-0.39, 0.29) is 18.2 Å². The van der Waals surface area contributed by atoms with Crippen LogP contribution >= 0.6 is 11.3 Å². The average Bonchev–Trinajstić information content (AvgIpc) is 3.46. The minimum absolute atomic E-state index is 0.0101. The smallest absolute Gasteiger partial charge is 0.410 e. The molecule has 0 spiro atoms. The maximum atomic E-state index is 12.9. The fourth-order valence-corrected chi connectivity index (χ4v) is 5.47. The van der Waals surface area contributed by atoms with Gasteiger partial charge in [0.05, 0.1) is 30.3 Å². The van der Waals surface area contributed by atoms with Gasteiger partial charge in [-0.1, -0.05) is 0 Å². The molecule has 2 bridgehead atoms. The number of carbonyl (C=O) groups excluding carboxylic acids is 2. The van der Waals surface area contributed by atoms with Gasteiger partial charge in [0.1, 0.15) is 16.1 Å². The number of amides is 1. The third-order valence-corrected chi connectivity index (χ3v) is 7.01. The highest BCUT2D eigenvalue weighted by Gasteiger charge is 2.43. The van der Waals surface area contributed by atoms with Gasteiger partial charge < -0.3 is 18.8 Å². The molecule has 2 aliphatic heterocycles. The van der Waals surface area contributed by atoms with E-state index >= 15 is 0 Å². The van der Waals surface area contributed by atoms with Crippen molar-refractivity contribution in [1.82, 2.24) is 14.9 Å². The highest BCUT2D eigenvalue weighted by Crippen LogP contribution is 2.37. The zero-order valence-electron chi connectivity index (χ0n) is 19.7. The summed E-state index contributed by atoms with van der Waals surface area (Å²) >= 11 is 1.49. The van der Waals surface area contributed by atoms with Crippen LogP contribution in [0.5, 0.6) is 0 Å². The Morgan fingerprint density at radius 2 is 1.91 bits per heavy atom. The minimum atomic E-state index is -0.542. The lowest BCUT2D eigenvalue weighted by Gasteiger charge is -2.49. The highest BCUT2D eigenvalue weighted by atomic mass is 32.1. The van der Waals surface area contributed by atoms with Crippen LogP contribution in [0.1, 0.15) is 50.4 Å². The minimum Gasteiger partial charge on any atom is -0.465 e. The third-order valence-electron chi connectivity index (χ3n) is 6.20. The second kappa shape index (κ2) is 8.57. The van der Waals surface area contributed by atoms with Gasteiger partial charge in [-0.2, -0.15) is 4.98 Å². The van der Waals surface area contributed by atoms with E-state index in [1.807, 2.05) is 37.1 Å². The number of ether oxygens (including phenoxy) is 2. The molecule has 2 atom stereocenters. The maximum Gasteiger partial charge on any atom is 0.410 e. The largest absolute Gasteiger partial charge is 0.465 e. The molecule has 0 aliphatic carbocycles. The molecule has 3 aromatic rings. The molecule has 1 aromatic carbocycles. The van der Waals surface area contributed by atoms with E-state index in [1.165, 1.54) is 18.4 Å². The van der Waals surface area contributed by atoms with Crippen LogP contribution in [0.25, 0.3) is 21.7 Å². The summed E-state index contributed by atoms with van der Waals surface area (Å²) in [4.78, 5) is 38.4. The van der Waals surface area contributed by atoms with Crippen LogP contribution in [0.4, 0.5) is 10.8 Å². The lowest BCUT2D eigenvalue weighted by Crippen LogP contribution is -2.63. The standard InChI is InChI=1S/C24H28N4O5S/c1-24(2,3)33-23(30)28-14-6-5-7-15(28)13-27(12-14)22-26-18-16(21(29)31-4)8-9-17(19(18)32-22)20-25-10-11-34-20/h8-11,14-15H,5-7,12-13H2,1-4H3. The molecular formula is C24H28N4O5S. The zero-order valence-corrected chi connectivity index (χ0v) is 20.6. The van der Waals surface area contributed by atoms with E-state index < -0.39 is 11.6 Å². The van der Waals surface area contributed by atoms with Crippen LogP contribution in [0.2, 0.25) is 0 Å². The molecule has 2 aliphatic rings. The van der Waals surface area contributed by atoms with E-state index in [4.69, 9.17) is 18.9 Å². The SMILES string of the molecule is COC(=O)c1ccc(-c2nccs2)c2oc(N3CC4CCCC(C3)N4C(=O)OC(C)(C)C)nc12. The molecule has 0 radical (unpaired) electrons. The number of methoxy groups -OCH3 is 1. The summed E-state index contributed by atoms with van der Waals surface area (Å²) in [7, 11) is 1.35. The first-order chi connectivity index (χ1) is 16.2. The summed E-state index contributed by atoms with van der Waals surface area (Å²) in [6.07, 6.45) is 4.32. The number of carbonyl (C=O) groups is 2. The first-order valence-corrected chi connectivity index (χ1v) is 12.3. The molecule has 34 heavy (non-hydrogen) atoms. The fourth-order valence-electron chi connectivity index (χ4n) is 4.81. The number of nitrogens with zero attached hydrogens (tertiary/aromatic N) is 4. The molecule has 2 unspecified atom stereocenters. The van der Waals surface area contributed by atoms with Gasteiger partial charge in [0.15, 0.2) is 5.58 Å².